The van der Waals surface area contributed by atoms with E-state index in [0.717, 1.165) is 0 Å². The monoisotopic (exact) mass is 216 g/mol. The number of rotatable bonds is 5. The lowest BCUT2D eigenvalue weighted by Gasteiger charge is -2.28. The molecular weight excluding hydrogens is 196 g/mol. The Kier molecular flexibility index (Phi) is 5.93. The average Bonchev–Trinajstić information content (AvgIpc) is 2.11. The van der Waals surface area contributed by atoms with Gasteiger partial charge in [0, 0.05) is 19.5 Å². The van der Waals surface area contributed by atoms with E-state index in [1.165, 1.54) is 6.92 Å². The Morgan fingerprint density at radius 3 is 2.20 bits per heavy atom. The lowest BCUT2D eigenvalue weighted by atomic mass is 10.2. The van der Waals surface area contributed by atoms with E-state index < -0.39 is 6.04 Å². The number of aliphatic hydroxyl groups is 1. The highest BCUT2D eigenvalue weighted by atomic mass is 16.3. The lowest BCUT2D eigenvalue weighted by Crippen LogP contribution is -2.49. The number of carbonyl (C=O) groups is 2. The van der Waals surface area contributed by atoms with Crippen LogP contribution in [0.25, 0.3) is 0 Å². The second-order valence-electron chi connectivity index (χ2n) is 3.77. The Balaban J connectivity index is 4.41. The maximum Gasteiger partial charge on any atom is 0.245 e. The predicted octanol–water partition coefficient (Wildman–Crippen LogP) is -0.260. The zero-order chi connectivity index (χ0) is 12.0. The van der Waals surface area contributed by atoms with Gasteiger partial charge in [-0.1, -0.05) is 0 Å². The molecule has 88 valence electrons. The molecule has 0 rings (SSSR count). The molecule has 0 aliphatic rings. The molecule has 15 heavy (non-hydrogen) atoms. The molecule has 1 unspecified atom stereocenters. The Hall–Kier alpha value is -1.10. The molecule has 5 heteroatoms. The van der Waals surface area contributed by atoms with Crippen LogP contribution in [0.5, 0.6) is 0 Å². The second kappa shape index (κ2) is 6.40. The van der Waals surface area contributed by atoms with Crippen molar-refractivity contribution in [2.24, 2.45) is 0 Å². The van der Waals surface area contributed by atoms with Crippen molar-refractivity contribution in [3.05, 3.63) is 0 Å². The molecule has 0 spiro atoms. The molecular formula is C10H20N2O3. The van der Waals surface area contributed by atoms with E-state index in [1.54, 1.807) is 11.8 Å². The molecule has 0 aromatic heterocycles. The average molecular weight is 216 g/mol. The summed E-state index contributed by atoms with van der Waals surface area (Å²) in [5, 5.41) is 11.3. The van der Waals surface area contributed by atoms with Crippen molar-refractivity contribution >= 4 is 11.8 Å². The fourth-order valence-electron chi connectivity index (χ4n) is 1.35. The van der Waals surface area contributed by atoms with Crippen LogP contribution < -0.4 is 5.32 Å². The van der Waals surface area contributed by atoms with Gasteiger partial charge in [-0.25, -0.2) is 0 Å². The summed E-state index contributed by atoms with van der Waals surface area (Å²) in [4.78, 5) is 24.1. The maximum absolute atomic E-state index is 11.8. The second-order valence-corrected chi connectivity index (χ2v) is 3.77. The van der Waals surface area contributed by atoms with Crippen LogP contribution in [0.15, 0.2) is 0 Å². The molecule has 0 saturated carbocycles. The van der Waals surface area contributed by atoms with Crippen LogP contribution in [0.3, 0.4) is 0 Å². The van der Waals surface area contributed by atoms with E-state index in [4.69, 9.17) is 5.11 Å². The van der Waals surface area contributed by atoms with Crippen molar-refractivity contribution in [2.45, 2.75) is 39.8 Å². The van der Waals surface area contributed by atoms with Gasteiger partial charge in [-0.2, -0.15) is 0 Å². The van der Waals surface area contributed by atoms with Crippen LogP contribution in [0.1, 0.15) is 27.7 Å². The molecule has 0 aromatic carbocycles. The number of hydrogen-bond donors (Lipinski definition) is 2. The van der Waals surface area contributed by atoms with Gasteiger partial charge in [-0.05, 0) is 20.8 Å². The Morgan fingerprint density at radius 2 is 1.87 bits per heavy atom. The molecule has 0 aliphatic heterocycles. The highest BCUT2D eigenvalue weighted by molar-refractivity contribution is 5.86. The highest BCUT2D eigenvalue weighted by Crippen LogP contribution is 2.01. The van der Waals surface area contributed by atoms with Crippen molar-refractivity contribution in [1.82, 2.24) is 10.2 Å². The molecule has 5 nitrogen and oxygen atoms in total. The van der Waals surface area contributed by atoms with E-state index in [0.29, 0.717) is 6.54 Å². The molecule has 1 atom stereocenters. The van der Waals surface area contributed by atoms with E-state index in [2.05, 4.69) is 5.32 Å². The van der Waals surface area contributed by atoms with Crippen LogP contribution in [0, 0.1) is 0 Å². The van der Waals surface area contributed by atoms with Gasteiger partial charge < -0.3 is 15.3 Å². The van der Waals surface area contributed by atoms with Crippen LogP contribution in [-0.2, 0) is 9.59 Å². The number of amides is 2. The molecule has 0 aromatic rings. The quantitative estimate of drug-likeness (QED) is 0.665. The minimum absolute atomic E-state index is 0.0147. The zero-order valence-electron chi connectivity index (χ0n) is 9.78. The molecule has 2 amide bonds. The Bertz CT molecular complexity index is 229. The molecule has 0 aliphatic carbocycles. The van der Waals surface area contributed by atoms with Gasteiger partial charge in [0.05, 0.1) is 6.61 Å². The standard InChI is InChI=1S/C10H20N2O3/c1-7(2)12(5-6-13)10(15)8(3)11-9(4)14/h7-8,13H,5-6H2,1-4H3,(H,11,14). The number of aliphatic hydroxyl groups excluding tert-OH is 1. The molecule has 0 saturated heterocycles. The smallest absolute Gasteiger partial charge is 0.245 e. The number of carbonyl (C=O) groups excluding carboxylic acids is 2. The first-order valence-electron chi connectivity index (χ1n) is 5.08. The van der Waals surface area contributed by atoms with Gasteiger partial charge in [0.2, 0.25) is 11.8 Å². The van der Waals surface area contributed by atoms with Gasteiger partial charge in [-0.3, -0.25) is 9.59 Å². The van der Waals surface area contributed by atoms with Crippen molar-refractivity contribution in [1.29, 1.82) is 0 Å². The first-order valence-corrected chi connectivity index (χ1v) is 5.08. The summed E-state index contributed by atoms with van der Waals surface area (Å²) in [5.74, 6) is -0.405. The molecule has 0 heterocycles. The van der Waals surface area contributed by atoms with Crippen LogP contribution in [0.2, 0.25) is 0 Å². The van der Waals surface area contributed by atoms with Gasteiger partial charge in [0.1, 0.15) is 6.04 Å². The van der Waals surface area contributed by atoms with Crippen molar-refractivity contribution in [3.8, 4) is 0 Å². The van der Waals surface area contributed by atoms with Gasteiger partial charge in [0.15, 0.2) is 0 Å². The van der Waals surface area contributed by atoms with Gasteiger partial charge in [0.25, 0.3) is 0 Å². The largest absolute Gasteiger partial charge is 0.395 e. The third-order valence-corrected chi connectivity index (χ3v) is 2.04. The summed E-state index contributed by atoms with van der Waals surface area (Å²) in [6.07, 6.45) is 0. The van der Waals surface area contributed by atoms with Crippen molar-refractivity contribution in [2.75, 3.05) is 13.2 Å². The lowest BCUT2D eigenvalue weighted by molar-refractivity contribution is -0.137. The number of hydrogen-bond acceptors (Lipinski definition) is 3. The first kappa shape index (κ1) is 13.9. The topological polar surface area (TPSA) is 69.6 Å². The number of nitrogens with zero attached hydrogens (tertiary/aromatic N) is 1. The third kappa shape index (κ3) is 4.78. The van der Waals surface area contributed by atoms with E-state index >= 15 is 0 Å². The molecule has 2 N–H and O–H groups in total. The molecule has 0 bridgehead atoms. The summed E-state index contributed by atoms with van der Waals surface area (Å²) in [6, 6.07) is -0.530. The predicted molar refractivity (Wildman–Crippen MR) is 57.2 cm³/mol. The van der Waals surface area contributed by atoms with Crippen molar-refractivity contribution in [3.63, 3.8) is 0 Å². The van der Waals surface area contributed by atoms with Crippen LogP contribution in [-0.4, -0.2) is 47.1 Å². The van der Waals surface area contributed by atoms with Gasteiger partial charge >= 0.3 is 0 Å². The summed E-state index contributed by atoms with van der Waals surface area (Å²) >= 11 is 0. The number of nitrogens with one attached hydrogen (secondary N) is 1. The van der Waals surface area contributed by atoms with E-state index in [9.17, 15) is 9.59 Å². The summed E-state index contributed by atoms with van der Waals surface area (Å²) in [6.45, 7) is 6.96. The van der Waals surface area contributed by atoms with Crippen molar-refractivity contribution < 1.29 is 14.7 Å². The minimum Gasteiger partial charge on any atom is -0.395 e. The van der Waals surface area contributed by atoms with E-state index in [1.807, 2.05) is 13.8 Å². The molecule has 0 fully saturated rings. The van der Waals surface area contributed by atoms with Crippen LogP contribution >= 0.6 is 0 Å². The minimum atomic E-state index is -0.545. The van der Waals surface area contributed by atoms with Gasteiger partial charge in [-0.15, -0.1) is 0 Å². The highest BCUT2D eigenvalue weighted by Gasteiger charge is 2.22. The maximum atomic E-state index is 11.8. The van der Waals surface area contributed by atoms with E-state index in [-0.39, 0.29) is 24.5 Å². The normalized spacial score (nSPS) is 12.4. The Labute approximate surface area is 90.5 Å². The first-order chi connectivity index (χ1) is 6.90. The fourth-order valence-corrected chi connectivity index (χ4v) is 1.35. The zero-order valence-corrected chi connectivity index (χ0v) is 9.78. The Morgan fingerprint density at radius 1 is 1.33 bits per heavy atom. The van der Waals surface area contributed by atoms with Crippen LogP contribution in [0.4, 0.5) is 0 Å². The summed E-state index contributed by atoms with van der Waals surface area (Å²) in [7, 11) is 0. The third-order valence-electron chi connectivity index (χ3n) is 2.04. The SMILES string of the molecule is CC(=O)NC(C)C(=O)N(CCO)C(C)C. The summed E-state index contributed by atoms with van der Waals surface area (Å²) in [5.41, 5.74) is 0. The fraction of sp³-hybridized carbons (Fsp3) is 0.800. The molecule has 0 radical (unpaired) electrons. The summed E-state index contributed by atoms with van der Waals surface area (Å²) < 4.78 is 0.